The molecule has 0 amide bonds. The third-order valence-corrected chi connectivity index (χ3v) is 7.61. The Hall–Kier alpha value is -5.03. The zero-order valence-corrected chi connectivity index (χ0v) is 21.7. The van der Waals surface area contributed by atoms with Gasteiger partial charge in [0.15, 0.2) is 0 Å². The number of hydrogen-bond acceptors (Lipinski definition) is 5. The van der Waals surface area contributed by atoms with Gasteiger partial charge in [0.05, 0.1) is 22.8 Å². The SMILES string of the molecule is CC1(C)c2ccc(-c3ccc4cccc(O)c4n3)cc2N(c2cc(-c3ccccc3)ccn2)c2cccnc21. The summed E-state index contributed by atoms with van der Waals surface area (Å²) in [5.41, 5.74) is 8.49. The Morgan fingerprint density at radius 3 is 2.41 bits per heavy atom. The Kier molecular flexibility index (Phi) is 5.20. The summed E-state index contributed by atoms with van der Waals surface area (Å²) in [6, 6.07) is 34.5. The highest BCUT2D eigenvalue weighted by molar-refractivity contribution is 5.89. The molecule has 0 unspecified atom stereocenters. The van der Waals surface area contributed by atoms with E-state index in [1.807, 2.05) is 67.0 Å². The largest absolute Gasteiger partial charge is 0.506 e. The van der Waals surface area contributed by atoms with Crippen LogP contribution in [-0.4, -0.2) is 20.1 Å². The summed E-state index contributed by atoms with van der Waals surface area (Å²) < 4.78 is 0. The van der Waals surface area contributed by atoms with Crippen LogP contribution in [0.5, 0.6) is 5.75 Å². The fourth-order valence-electron chi connectivity index (χ4n) is 5.61. The van der Waals surface area contributed by atoms with E-state index in [-0.39, 0.29) is 11.2 Å². The van der Waals surface area contributed by atoms with Gasteiger partial charge in [-0.15, -0.1) is 0 Å². The molecule has 0 radical (unpaired) electrons. The lowest BCUT2D eigenvalue weighted by molar-refractivity contribution is 0.480. The predicted octanol–water partition coefficient (Wildman–Crippen LogP) is 8.17. The summed E-state index contributed by atoms with van der Waals surface area (Å²) in [6.07, 6.45) is 3.72. The topological polar surface area (TPSA) is 62.1 Å². The fourth-order valence-corrected chi connectivity index (χ4v) is 5.61. The van der Waals surface area contributed by atoms with E-state index in [0.717, 1.165) is 56.2 Å². The second-order valence-corrected chi connectivity index (χ2v) is 10.4. The van der Waals surface area contributed by atoms with Gasteiger partial charge in [0.1, 0.15) is 17.1 Å². The molecule has 0 bridgehead atoms. The van der Waals surface area contributed by atoms with Crippen molar-refractivity contribution in [1.82, 2.24) is 15.0 Å². The number of fused-ring (bicyclic) bond motifs is 3. The number of nitrogens with zero attached hydrogens (tertiary/aromatic N) is 4. The van der Waals surface area contributed by atoms with Crippen LogP contribution < -0.4 is 4.90 Å². The van der Waals surface area contributed by atoms with Gasteiger partial charge in [0.25, 0.3) is 0 Å². The molecular formula is C34H26N4O. The number of anilines is 3. The van der Waals surface area contributed by atoms with Crippen LogP contribution >= 0.6 is 0 Å². The van der Waals surface area contributed by atoms with Crippen LogP contribution in [0, 0.1) is 0 Å². The molecular weight excluding hydrogens is 480 g/mol. The fraction of sp³-hybridized carbons (Fsp3) is 0.0882. The first-order valence-electron chi connectivity index (χ1n) is 13.0. The molecule has 6 aromatic rings. The van der Waals surface area contributed by atoms with Crippen molar-refractivity contribution in [2.45, 2.75) is 19.3 Å². The van der Waals surface area contributed by atoms with E-state index < -0.39 is 0 Å². The molecule has 3 aromatic heterocycles. The number of para-hydroxylation sites is 1. The zero-order valence-electron chi connectivity index (χ0n) is 21.7. The Morgan fingerprint density at radius 1 is 0.667 bits per heavy atom. The number of aromatic hydroxyl groups is 1. The molecule has 5 nitrogen and oxygen atoms in total. The van der Waals surface area contributed by atoms with Crippen molar-refractivity contribution in [2.24, 2.45) is 0 Å². The molecule has 1 aliphatic heterocycles. The predicted molar refractivity (Wildman–Crippen MR) is 157 cm³/mol. The van der Waals surface area contributed by atoms with Gasteiger partial charge in [-0.25, -0.2) is 9.97 Å². The maximum atomic E-state index is 10.4. The molecule has 4 heterocycles. The van der Waals surface area contributed by atoms with Crippen LogP contribution in [-0.2, 0) is 5.41 Å². The first kappa shape index (κ1) is 23.1. The lowest BCUT2D eigenvalue weighted by Gasteiger charge is -2.40. The maximum Gasteiger partial charge on any atom is 0.141 e. The molecule has 0 saturated heterocycles. The first-order valence-corrected chi connectivity index (χ1v) is 13.0. The Balaban J connectivity index is 1.44. The van der Waals surface area contributed by atoms with Gasteiger partial charge < -0.3 is 5.11 Å². The Bertz CT molecular complexity index is 1860. The summed E-state index contributed by atoms with van der Waals surface area (Å²) in [5.74, 6) is 1.00. The average Bonchev–Trinajstić information content (AvgIpc) is 2.98. The van der Waals surface area contributed by atoms with E-state index in [1.165, 1.54) is 0 Å². The van der Waals surface area contributed by atoms with Crippen LogP contribution in [0.2, 0.25) is 0 Å². The molecule has 188 valence electrons. The van der Waals surface area contributed by atoms with E-state index in [0.29, 0.717) is 5.52 Å². The molecule has 0 aliphatic carbocycles. The summed E-state index contributed by atoms with van der Waals surface area (Å²) >= 11 is 0. The molecule has 7 rings (SSSR count). The number of phenolic OH excluding ortho intramolecular Hbond substituents is 1. The lowest BCUT2D eigenvalue weighted by atomic mass is 9.76. The highest BCUT2D eigenvalue weighted by Gasteiger charge is 2.38. The van der Waals surface area contributed by atoms with Crippen molar-refractivity contribution in [3.05, 3.63) is 127 Å². The minimum absolute atomic E-state index is 0.178. The standard InChI is InChI=1S/C34H26N4O/c1-34(2)26-15-13-25(27-16-14-23-10-6-12-30(39)32(23)37-27)20-29(26)38(28-11-7-18-36-33(28)34)31-21-24(17-19-35-31)22-8-4-3-5-9-22/h3-21,39H,1-2H3. The quantitative estimate of drug-likeness (QED) is 0.262. The third-order valence-electron chi connectivity index (χ3n) is 7.61. The molecule has 1 N–H and O–H groups in total. The number of pyridine rings is 3. The molecule has 5 heteroatoms. The van der Waals surface area contributed by atoms with Crippen molar-refractivity contribution >= 4 is 28.1 Å². The van der Waals surface area contributed by atoms with Crippen molar-refractivity contribution in [2.75, 3.05) is 4.90 Å². The molecule has 39 heavy (non-hydrogen) atoms. The van der Waals surface area contributed by atoms with Crippen LogP contribution in [0.4, 0.5) is 17.2 Å². The van der Waals surface area contributed by atoms with E-state index in [9.17, 15) is 5.11 Å². The molecule has 1 aliphatic rings. The van der Waals surface area contributed by atoms with Crippen LogP contribution in [0.25, 0.3) is 33.3 Å². The number of rotatable bonds is 3. The monoisotopic (exact) mass is 506 g/mol. The number of aromatic nitrogens is 3. The minimum atomic E-state index is -0.312. The minimum Gasteiger partial charge on any atom is -0.506 e. The van der Waals surface area contributed by atoms with Crippen molar-refractivity contribution in [3.8, 4) is 28.1 Å². The van der Waals surface area contributed by atoms with E-state index in [2.05, 4.69) is 61.2 Å². The van der Waals surface area contributed by atoms with Crippen molar-refractivity contribution in [1.29, 1.82) is 0 Å². The summed E-state index contributed by atoms with van der Waals surface area (Å²) in [6.45, 7) is 4.43. The second-order valence-electron chi connectivity index (χ2n) is 10.4. The van der Waals surface area contributed by atoms with Crippen molar-refractivity contribution < 1.29 is 5.11 Å². The highest BCUT2D eigenvalue weighted by Crippen LogP contribution is 2.51. The van der Waals surface area contributed by atoms with Gasteiger partial charge in [-0.1, -0.05) is 60.7 Å². The van der Waals surface area contributed by atoms with Gasteiger partial charge in [0, 0.05) is 28.8 Å². The summed E-state index contributed by atoms with van der Waals surface area (Å²) in [4.78, 5) is 16.7. The van der Waals surface area contributed by atoms with Crippen LogP contribution in [0.15, 0.2) is 116 Å². The normalized spacial score (nSPS) is 13.6. The van der Waals surface area contributed by atoms with Crippen molar-refractivity contribution in [3.63, 3.8) is 0 Å². The van der Waals surface area contributed by atoms with Gasteiger partial charge >= 0.3 is 0 Å². The number of benzene rings is 3. The van der Waals surface area contributed by atoms with Crippen LogP contribution in [0.3, 0.4) is 0 Å². The van der Waals surface area contributed by atoms with Gasteiger partial charge in [-0.05, 0) is 73.0 Å². The molecule has 0 atom stereocenters. The lowest BCUT2D eigenvalue weighted by Crippen LogP contribution is -2.32. The second kappa shape index (κ2) is 8.77. The molecule has 0 fully saturated rings. The molecule has 0 saturated carbocycles. The average molecular weight is 507 g/mol. The summed E-state index contributed by atoms with van der Waals surface area (Å²) in [5, 5.41) is 11.3. The van der Waals surface area contributed by atoms with Gasteiger partial charge in [0.2, 0.25) is 0 Å². The third kappa shape index (κ3) is 3.74. The molecule has 0 spiro atoms. The number of phenols is 1. The zero-order chi connectivity index (χ0) is 26.6. The van der Waals surface area contributed by atoms with E-state index in [1.54, 1.807) is 6.07 Å². The number of hydrogen-bond donors (Lipinski definition) is 1. The van der Waals surface area contributed by atoms with Gasteiger partial charge in [-0.2, -0.15) is 0 Å². The Morgan fingerprint density at radius 2 is 1.54 bits per heavy atom. The summed E-state index contributed by atoms with van der Waals surface area (Å²) in [7, 11) is 0. The Labute approximate surface area is 227 Å². The highest BCUT2D eigenvalue weighted by atomic mass is 16.3. The van der Waals surface area contributed by atoms with Crippen LogP contribution in [0.1, 0.15) is 25.1 Å². The maximum absolute atomic E-state index is 10.4. The first-order chi connectivity index (χ1) is 19.0. The van der Waals surface area contributed by atoms with E-state index >= 15 is 0 Å². The molecule has 3 aromatic carbocycles. The van der Waals surface area contributed by atoms with Gasteiger partial charge in [-0.3, -0.25) is 9.88 Å². The van der Waals surface area contributed by atoms with E-state index in [4.69, 9.17) is 15.0 Å². The smallest absolute Gasteiger partial charge is 0.141 e.